The van der Waals surface area contributed by atoms with Crippen LogP contribution in [0.15, 0.2) is 37.4 Å². The standard InChI is InChI=1S/C14H22N4/c1-5-9-18(10-6-2)14-8-7-13(16-17-14)11-15-12(3)4/h5-8,12,15H,1-2,9-11H2,3-4H3. The van der Waals surface area contributed by atoms with Crippen molar-refractivity contribution >= 4 is 5.82 Å². The fourth-order valence-corrected chi connectivity index (χ4v) is 1.50. The summed E-state index contributed by atoms with van der Waals surface area (Å²) in [6.07, 6.45) is 3.69. The van der Waals surface area contributed by atoms with Crippen LogP contribution in [-0.4, -0.2) is 29.3 Å². The molecule has 0 spiro atoms. The molecule has 0 radical (unpaired) electrons. The minimum absolute atomic E-state index is 0.449. The third-order valence-electron chi connectivity index (χ3n) is 2.42. The van der Waals surface area contributed by atoms with Crippen LogP contribution in [0.3, 0.4) is 0 Å². The zero-order valence-corrected chi connectivity index (χ0v) is 11.3. The molecule has 4 heteroatoms. The highest BCUT2D eigenvalue weighted by Gasteiger charge is 2.05. The van der Waals surface area contributed by atoms with E-state index >= 15 is 0 Å². The van der Waals surface area contributed by atoms with Crippen molar-refractivity contribution in [1.82, 2.24) is 15.5 Å². The summed E-state index contributed by atoms with van der Waals surface area (Å²) in [4.78, 5) is 2.06. The van der Waals surface area contributed by atoms with E-state index in [1.54, 1.807) is 0 Å². The van der Waals surface area contributed by atoms with E-state index in [-0.39, 0.29) is 0 Å². The predicted molar refractivity (Wildman–Crippen MR) is 76.6 cm³/mol. The number of rotatable bonds is 8. The Hall–Kier alpha value is -1.68. The molecule has 0 unspecified atom stereocenters. The second-order valence-electron chi connectivity index (χ2n) is 4.40. The van der Waals surface area contributed by atoms with E-state index < -0.39 is 0 Å². The molecule has 1 rings (SSSR count). The lowest BCUT2D eigenvalue weighted by molar-refractivity contribution is 0.577. The van der Waals surface area contributed by atoms with Crippen LogP contribution < -0.4 is 10.2 Å². The highest BCUT2D eigenvalue weighted by atomic mass is 15.3. The van der Waals surface area contributed by atoms with Crippen molar-refractivity contribution in [3.63, 3.8) is 0 Å². The van der Waals surface area contributed by atoms with Gasteiger partial charge in [-0.25, -0.2) is 0 Å². The molecular formula is C14H22N4. The van der Waals surface area contributed by atoms with Crippen LogP contribution in [0.4, 0.5) is 5.82 Å². The first kappa shape index (κ1) is 14.4. The molecule has 1 aromatic heterocycles. The maximum absolute atomic E-state index is 4.23. The van der Waals surface area contributed by atoms with E-state index in [0.717, 1.165) is 31.1 Å². The minimum Gasteiger partial charge on any atom is -0.348 e. The van der Waals surface area contributed by atoms with Crippen molar-refractivity contribution in [3.05, 3.63) is 43.1 Å². The average Bonchev–Trinajstić information content (AvgIpc) is 2.37. The zero-order chi connectivity index (χ0) is 13.4. The molecule has 0 aliphatic carbocycles. The fourth-order valence-electron chi connectivity index (χ4n) is 1.50. The molecular weight excluding hydrogens is 224 g/mol. The first-order valence-corrected chi connectivity index (χ1v) is 6.20. The van der Waals surface area contributed by atoms with Gasteiger partial charge in [-0.3, -0.25) is 0 Å². The van der Waals surface area contributed by atoms with Crippen molar-refractivity contribution in [2.24, 2.45) is 0 Å². The lowest BCUT2D eigenvalue weighted by Gasteiger charge is -2.19. The van der Waals surface area contributed by atoms with Gasteiger partial charge < -0.3 is 10.2 Å². The van der Waals surface area contributed by atoms with Gasteiger partial charge in [0.05, 0.1) is 5.69 Å². The summed E-state index contributed by atoms with van der Waals surface area (Å²) in [7, 11) is 0. The van der Waals surface area contributed by atoms with Crippen LogP contribution in [0, 0.1) is 0 Å². The van der Waals surface area contributed by atoms with Gasteiger partial charge in [-0.05, 0) is 12.1 Å². The van der Waals surface area contributed by atoms with Gasteiger partial charge >= 0.3 is 0 Å². The van der Waals surface area contributed by atoms with Crippen LogP contribution in [-0.2, 0) is 6.54 Å². The lowest BCUT2D eigenvalue weighted by atomic mass is 10.3. The Balaban J connectivity index is 2.67. The van der Waals surface area contributed by atoms with Crippen molar-refractivity contribution in [2.75, 3.05) is 18.0 Å². The molecule has 0 aliphatic rings. The minimum atomic E-state index is 0.449. The SMILES string of the molecule is C=CCN(CC=C)c1ccc(CNC(C)C)nn1. The smallest absolute Gasteiger partial charge is 0.151 e. The van der Waals surface area contributed by atoms with E-state index in [2.05, 4.69) is 47.4 Å². The molecule has 0 aromatic carbocycles. The second-order valence-corrected chi connectivity index (χ2v) is 4.40. The normalized spacial score (nSPS) is 10.4. The molecule has 4 nitrogen and oxygen atoms in total. The summed E-state index contributed by atoms with van der Waals surface area (Å²) in [6, 6.07) is 4.43. The number of anilines is 1. The van der Waals surface area contributed by atoms with E-state index in [9.17, 15) is 0 Å². The van der Waals surface area contributed by atoms with Crippen LogP contribution >= 0.6 is 0 Å². The Labute approximate surface area is 109 Å². The summed E-state index contributed by atoms with van der Waals surface area (Å²) in [5.41, 5.74) is 0.949. The summed E-state index contributed by atoms with van der Waals surface area (Å²) in [5.74, 6) is 0.850. The summed E-state index contributed by atoms with van der Waals surface area (Å²) < 4.78 is 0. The van der Waals surface area contributed by atoms with Crippen LogP contribution in [0.25, 0.3) is 0 Å². The molecule has 0 bridgehead atoms. The first-order chi connectivity index (χ1) is 8.67. The Morgan fingerprint density at radius 2 is 1.89 bits per heavy atom. The average molecular weight is 246 g/mol. The predicted octanol–water partition coefficient (Wildman–Crippen LogP) is 2.15. The van der Waals surface area contributed by atoms with E-state index in [1.165, 1.54) is 0 Å². The second kappa shape index (κ2) is 7.61. The van der Waals surface area contributed by atoms with Crippen molar-refractivity contribution in [3.8, 4) is 0 Å². The van der Waals surface area contributed by atoms with E-state index in [1.807, 2.05) is 24.3 Å². The highest BCUT2D eigenvalue weighted by Crippen LogP contribution is 2.09. The highest BCUT2D eigenvalue weighted by molar-refractivity contribution is 5.39. The van der Waals surface area contributed by atoms with Crippen LogP contribution in [0.5, 0.6) is 0 Å². The molecule has 1 heterocycles. The monoisotopic (exact) mass is 246 g/mol. The Bertz CT molecular complexity index is 360. The van der Waals surface area contributed by atoms with E-state index in [4.69, 9.17) is 0 Å². The van der Waals surface area contributed by atoms with Gasteiger partial charge in [0.1, 0.15) is 0 Å². The molecule has 18 heavy (non-hydrogen) atoms. The third kappa shape index (κ3) is 4.67. The number of hydrogen-bond acceptors (Lipinski definition) is 4. The van der Waals surface area contributed by atoms with E-state index in [0.29, 0.717) is 6.04 Å². The van der Waals surface area contributed by atoms with Gasteiger partial charge in [0, 0.05) is 25.7 Å². The number of nitrogens with one attached hydrogen (secondary N) is 1. The van der Waals surface area contributed by atoms with Crippen molar-refractivity contribution in [2.45, 2.75) is 26.4 Å². The topological polar surface area (TPSA) is 41.0 Å². The lowest BCUT2D eigenvalue weighted by Crippen LogP contribution is -2.25. The molecule has 98 valence electrons. The van der Waals surface area contributed by atoms with Crippen LogP contribution in [0.1, 0.15) is 19.5 Å². The summed E-state index contributed by atoms with van der Waals surface area (Å²) in [5, 5.41) is 11.8. The van der Waals surface area contributed by atoms with Crippen molar-refractivity contribution in [1.29, 1.82) is 0 Å². The quantitative estimate of drug-likeness (QED) is 0.714. The van der Waals surface area contributed by atoms with Gasteiger partial charge in [0.15, 0.2) is 5.82 Å². The maximum atomic E-state index is 4.23. The summed E-state index contributed by atoms with van der Waals surface area (Å²) >= 11 is 0. The first-order valence-electron chi connectivity index (χ1n) is 6.20. The Morgan fingerprint density at radius 3 is 2.33 bits per heavy atom. The van der Waals surface area contributed by atoms with Crippen LogP contribution in [0.2, 0.25) is 0 Å². The Kier molecular flexibility index (Phi) is 6.08. The van der Waals surface area contributed by atoms with Crippen molar-refractivity contribution < 1.29 is 0 Å². The summed E-state index contributed by atoms with van der Waals surface area (Å²) in [6.45, 7) is 13.9. The number of aromatic nitrogens is 2. The molecule has 0 amide bonds. The largest absolute Gasteiger partial charge is 0.348 e. The molecule has 0 saturated carbocycles. The Morgan fingerprint density at radius 1 is 1.22 bits per heavy atom. The van der Waals surface area contributed by atoms with Gasteiger partial charge in [-0.1, -0.05) is 26.0 Å². The molecule has 0 saturated heterocycles. The number of hydrogen-bond donors (Lipinski definition) is 1. The van der Waals surface area contributed by atoms with Gasteiger partial charge in [-0.15, -0.1) is 18.3 Å². The maximum Gasteiger partial charge on any atom is 0.151 e. The zero-order valence-electron chi connectivity index (χ0n) is 11.3. The van der Waals surface area contributed by atoms with Gasteiger partial charge in [0.25, 0.3) is 0 Å². The molecule has 0 aliphatic heterocycles. The third-order valence-corrected chi connectivity index (χ3v) is 2.42. The fraction of sp³-hybridized carbons (Fsp3) is 0.429. The molecule has 1 aromatic rings. The number of nitrogens with zero attached hydrogens (tertiary/aromatic N) is 3. The van der Waals surface area contributed by atoms with Gasteiger partial charge in [0.2, 0.25) is 0 Å². The van der Waals surface area contributed by atoms with Gasteiger partial charge in [-0.2, -0.15) is 5.10 Å². The molecule has 1 N–H and O–H groups in total. The molecule has 0 atom stereocenters. The molecule has 0 fully saturated rings.